The lowest BCUT2D eigenvalue weighted by Crippen LogP contribution is -2.60. The van der Waals surface area contributed by atoms with Crippen molar-refractivity contribution in [1.82, 2.24) is 0 Å². The van der Waals surface area contributed by atoms with Gasteiger partial charge in [0, 0.05) is 0 Å². The number of hydrogen-bond acceptors (Lipinski definition) is 4. The zero-order valence-electron chi connectivity index (χ0n) is 19.4. The van der Waals surface area contributed by atoms with Crippen molar-refractivity contribution in [3.8, 4) is 23.0 Å². The van der Waals surface area contributed by atoms with Crippen molar-refractivity contribution in [2.75, 3.05) is 0 Å². The summed E-state index contributed by atoms with van der Waals surface area (Å²) < 4.78 is 25.7. The van der Waals surface area contributed by atoms with Gasteiger partial charge in [-0.2, -0.15) is 0 Å². The van der Waals surface area contributed by atoms with Gasteiger partial charge >= 0.3 is 9.05 Å². The van der Waals surface area contributed by atoms with E-state index >= 15 is 0 Å². The topological polar surface area (TPSA) is 36.9 Å². The fourth-order valence-corrected chi connectivity index (χ4v) is 5.08. The van der Waals surface area contributed by atoms with Gasteiger partial charge in [-0.05, 0) is 76.2 Å². The van der Waals surface area contributed by atoms with Crippen LogP contribution in [0.25, 0.3) is 0 Å². The molecule has 0 saturated carbocycles. The van der Waals surface area contributed by atoms with Crippen LogP contribution in [0.3, 0.4) is 0 Å². The van der Waals surface area contributed by atoms with Crippen LogP contribution in [0.5, 0.6) is 23.0 Å². The van der Waals surface area contributed by atoms with E-state index in [2.05, 4.69) is 0 Å². The van der Waals surface area contributed by atoms with E-state index in [-0.39, 0.29) is 0 Å². The lowest BCUT2D eigenvalue weighted by atomic mass is 10.2. The van der Waals surface area contributed by atoms with Crippen molar-refractivity contribution in [3.05, 3.63) is 119 Å². The van der Waals surface area contributed by atoms with Gasteiger partial charge in [-0.15, -0.1) is 0 Å². The van der Waals surface area contributed by atoms with Crippen molar-refractivity contribution in [2.24, 2.45) is 0 Å². The van der Waals surface area contributed by atoms with E-state index in [4.69, 9.17) is 17.7 Å². The third-order valence-corrected chi connectivity index (χ3v) is 7.00. The third kappa shape index (κ3) is 6.17. The van der Waals surface area contributed by atoms with Crippen molar-refractivity contribution < 1.29 is 17.7 Å². The highest BCUT2D eigenvalue weighted by Crippen LogP contribution is 2.28. The highest BCUT2D eigenvalue weighted by atomic mass is 28.4. The standard InChI is InChI=1S/C28H28O4Si/c1-21-5-13-25(14-6-21)29-33(30-26-15-7-22(2)8-16-26,31-27-17-9-23(3)10-18-27)32-28-19-11-24(4)12-20-28/h5-20H,1-4H3. The maximum atomic E-state index is 6.43. The molecule has 0 N–H and O–H groups in total. The summed E-state index contributed by atoms with van der Waals surface area (Å²) in [5.41, 5.74) is 4.53. The third-order valence-electron chi connectivity index (χ3n) is 5.06. The highest BCUT2D eigenvalue weighted by molar-refractivity contribution is 6.57. The quantitative estimate of drug-likeness (QED) is 0.268. The molecular weight excluding hydrogens is 428 g/mol. The van der Waals surface area contributed by atoms with Gasteiger partial charge in [-0.1, -0.05) is 70.8 Å². The van der Waals surface area contributed by atoms with E-state index < -0.39 is 9.05 Å². The SMILES string of the molecule is Cc1ccc(O[Si](Oc2ccc(C)cc2)(Oc2ccc(C)cc2)Oc2ccc(C)cc2)cc1. The Morgan fingerprint density at radius 1 is 0.333 bits per heavy atom. The van der Waals surface area contributed by atoms with Gasteiger partial charge in [0.15, 0.2) is 0 Å². The first-order valence-electron chi connectivity index (χ1n) is 10.9. The summed E-state index contributed by atoms with van der Waals surface area (Å²) in [6, 6.07) is 31.0. The lowest BCUT2D eigenvalue weighted by Gasteiger charge is -2.28. The van der Waals surface area contributed by atoms with Crippen molar-refractivity contribution in [2.45, 2.75) is 27.7 Å². The first-order chi connectivity index (χ1) is 15.9. The Kier molecular flexibility index (Phi) is 6.70. The van der Waals surface area contributed by atoms with E-state index in [0.29, 0.717) is 23.0 Å². The van der Waals surface area contributed by atoms with Crippen LogP contribution < -0.4 is 17.7 Å². The summed E-state index contributed by atoms with van der Waals surface area (Å²) in [4.78, 5) is 0. The summed E-state index contributed by atoms with van der Waals surface area (Å²) in [6.07, 6.45) is 0. The molecule has 0 aliphatic rings. The molecule has 0 aliphatic heterocycles. The van der Waals surface area contributed by atoms with E-state index in [1.165, 1.54) is 0 Å². The number of aryl methyl sites for hydroxylation is 4. The Labute approximate surface area is 196 Å². The molecule has 0 unspecified atom stereocenters. The largest absolute Gasteiger partial charge is 0.966 e. The Bertz CT molecular complexity index is 973. The van der Waals surface area contributed by atoms with Crippen molar-refractivity contribution >= 4 is 9.05 Å². The Morgan fingerprint density at radius 3 is 0.697 bits per heavy atom. The van der Waals surface area contributed by atoms with E-state index in [9.17, 15) is 0 Å². The monoisotopic (exact) mass is 456 g/mol. The highest BCUT2D eigenvalue weighted by Gasteiger charge is 2.58. The predicted molar refractivity (Wildman–Crippen MR) is 133 cm³/mol. The smallest absolute Gasteiger partial charge is 0.452 e. The average molecular weight is 457 g/mol. The number of benzene rings is 4. The number of hydrogen-bond donors (Lipinski definition) is 0. The molecule has 4 rings (SSSR count). The Balaban J connectivity index is 1.77. The van der Waals surface area contributed by atoms with Crippen molar-refractivity contribution in [1.29, 1.82) is 0 Å². The lowest BCUT2D eigenvalue weighted by molar-refractivity contribution is 0.161. The van der Waals surface area contributed by atoms with Gasteiger partial charge in [0.05, 0.1) is 0 Å². The van der Waals surface area contributed by atoms with E-state index in [1.807, 2.05) is 125 Å². The molecule has 0 saturated heterocycles. The maximum Gasteiger partial charge on any atom is 0.966 e. The maximum absolute atomic E-state index is 6.43. The fourth-order valence-electron chi connectivity index (χ4n) is 3.13. The molecule has 4 aromatic carbocycles. The second-order valence-corrected chi connectivity index (χ2v) is 9.98. The molecule has 33 heavy (non-hydrogen) atoms. The van der Waals surface area contributed by atoms with Gasteiger partial charge in [0.25, 0.3) is 0 Å². The predicted octanol–water partition coefficient (Wildman–Crippen LogP) is 6.97. The van der Waals surface area contributed by atoms with Crippen LogP contribution in [0.2, 0.25) is 0 Å². The summed E-state index contributed by atoms with van der Waals surface area (Å²) in [5.74, 6) is 2.44. The van der Waals surface area contributed by atoms with Gasteiger partial charge in [0.2, 0.25) is 0 Å². The summed E-state index contributed by atoms with van der Waals surface area (Å²) in [5, 5.41) is 0. The summed E-state index contributed by atoms with van der Waals surface area (Å²) in [7, 11) is -3.83. The van der Waals surface area contributed by atoms with Crippen LogP contribution >= 0.6 is 0 Å². The molecule has 4 aromatic rings. The number of rotatable bonds is 8. The van der Waals surface area contributed by atoms with Gasteiger partial charge < -0.3 is 17.7 Å². The molecule has 4 nitrogen and oxygen atoms in total. The minimum absolute atomic E-state index is 0.610. The van der Waals surface area contributed by atoms with Crippen LogP contribution in [0.15, 0.2) is 97.1 Å². The zero-order chi connectivity index (χ0) is 23.3. The van der Waals surface area contributed by atoms with Crippen molar-refractivity contribution in [3.63, 3.8) is 0 Å². The van der Waals surface area contributed by atoms with Gasteiger partial charge in [-0.3, -0.25) is 0 Å². The second kappa shape index (κ2) is 9.84. The zero-order valence-corrected chi connectivity index (χ0v) is 20.4. The first-order valence-corrected chi connectivity index (χ1v) is 12.6. The second-order valence-electron chi connectivity index (χ2n) is 8.16. The van der Waals surface area contributed by atoms with E-state index in [1.54, 1.807) is 0 Å². The molecular formula is C28H28O4Si. The molecule has 168 valence electrons. The van der Waals surface area contributed by atoms with Crippen LogP contribution in [0.1, 0.15) is 22.3 Å². The molecule has 0 fully saturated rings. The minimum Gasteiger partial charge on any atom is -0.452 e. The van der Waals surface area contributed by atoms with Crippen LogP contribution in [0, 0.1) is 27.7 Å². The summed E-state index contributed by atoms with van der Waals surface area (Å²) in [6.45, 7) is 8.12. The fraction of sp³-hybridized carbons (Fsp3) is 0.143. The molecule has 0 spiro atoms. The molecule has 0 amide bonds. The van der Waals surface area contributed by atoms with Crippen LogP contribution in [-0.2, 0) is 0 Å². The normalized spacial score (nSPS) is 11.0. The summed E-state index contributed by atoms with van der Waals surface area (Å²) >= 11 is 0. The molecule has 5 heteroatoms. The van der Waals surface area contributed by atoms with E-state index in [0.717, 1.165) is 22.3 Å². The molecule has 0 radical (unpaired) electrons. The Morgan fingerprint density at radius 2 is 0.515 bits per heavy atom. The van der Waals surface area contributed by atoms with Gasteiger partial charge in [-0.25, -0.2) is 0 Å². The average Bonchev–Trinajstić information content (AvgIpc) is 2.80. The van der Waals surface area contributed by atoms with Gasteiger partial charge in [0.1, 0.15) is 23.0 Å². The first kappa shape index (κ1) is 22.5. The van der Waals surface area contributed by atoms with Crippen LogP contribution in [-0.4, -0.2) is 9.05 Å². The minimum atomic E-state index is -3.83. The molecule has 0 atom stereocenters. The molecule has 0 aliphatic carbocycles. The Hall–Kier alpha value is -3.70. The van der Waals surface area contributed by atoms with Crippen LogP contribution in [0.4, 0.5) is 0 Å². The molecule has 0 heterocycles. The molecule has 0 aromatic heterocycles. The molecule has 0 bridgehead atoms.